The highest BCUT2D eigenvalue weighted by atomic mass is 32.2. The highest BCUT2D eigenvalue weighted by Gasteiger charge is 2.38. The van der Waals surface area contributed by atoms with Gasteiger partial charge in [0, 0.05) is 78.4 Å². The highest BCUT2D eigenvalue weighted by molar-refractivity contribution is 7.89. The fraction of sp³-hybridized carbons (Fsp3) is 0.652. The Morgan fingerprint density at radius 2 is 1.59 bits per heavy atom. The van der Waals surface area contributed by atoms with Crippen LogP contribution >= 0.6 is 0 Å². The molecule has 37 heavy (non-hydrogen) atoms. The third-order valence-electron chi connectivity index (χ3n) is 6.26. The van der Waals surface area contributed by atoms with Crippen LogP contribution in [0.4, 0.5) is 13.2 Å². The molecule has 0 bridgehead atoms. The molecule has 2 heterocycles. The normalized spacial score (nSPS) is 17.8. The van der Waals surface area contributed by atoms with Crippen molar-refractivity contribution in [2.75, 3.05) is 79.0 Å². The molecule has 1 aromatic carbocycles. The number of carbonyl (C=O) groups excluding carboxylic acids is 1. The maximum atomic E-state index is 13.4. The zero-order valence-corrected chi connectivity index (χ0v) is 22.0. The van der Waals surface area contributed by atoms with Crippen molar-refractivity contribution in [3.63, 3.8) is 0 Å². The summed E-state index contributed by atoms with van der Waals surface area (Å²) in [6.07, 6.45) is -4.87. The first-order valence-electron chi connectivity index (χ1n) is 12.1. The lowest BCUT2D eigenvalue weighted by atomic mass is 10.2. The summed E-state index contributed by atoms with van der Waals surface area (Å²) in [5.41, 5.74) is 0.732. The molecule has 14 heteroatoms. The molecule has 0 spiro atoms. The van der Waals surface area contributed by atoms with Crippen LogP contribution in [0, 0.1) is 6.92 Å². The number of sulfonamides is 1. The molecule has 2 N–H and O–H groups in total. The van der Waals surface area contributed by atoms with E-state index in [0.29, 0.717) is 31.1 Å². The topological polar surface area (TPSA) is 113 Å². The maximum absolute atomic E-state index is 13.4. The molecule has 0 aromatic heterocycles. The average molecular weight is 552 g/mol. The third kappa shape index (κ3) is 9.85. The highest BCUT2D eigenvalue weighted by Crippen LogP contribution is 2.20. The molecule has 0 saturated carbocycles. The molecule has 0 unspecified atom stereocenters. The summed E-state index contributed by atoms with van der Waals surface area (Å²) in [6.45, 7) is 9.93. The van der Waals surface area contributed by atoms with E-state index in [0.717, 1.165) is 44.8 Å². The number of hydrogen-bond acceptors (Lipinski definition) is 7. The quantitative estimate of drug-likeness (QED) is 0.485. The zero-order valence-electron chi connectivity index (χ0n) is 21.2. The Morgan fingerprint density at radius 1 is 1.03 bits per heavy atom. The predicted molar refractivity (Wildman–Crippen MR) is 132 cm³/mol. The summed E-state index contributed by atoms with van der Waals surface area (Å²) in [5, 5.41) is 10.4. The van der Waals surface area contributed by atoms with E-state index in [1.807, 2.05) is 24.0 Å². The number of amides is 1. The molecule has 2 saturated heterocycles. The molecule has 10 nitrogen and oxygen atoms in total. The van der Waals surface area contributed by atoms with E-state index in [2.05, 4.69) is 22.2 Å². The second-order valence-electron chi connectivity index (χ2n) is 9.00. The van der Waals surface area contributed by atoms with Gasteiger partial charge in [0.25, 0.3) is 0 Å². The van der Waals surface area contributed by atoms with Crippen molar-refractivity contribution in [3.8, 4) is 0 Å². The lowest BCUT2D eigenvalue weighted by Crippen LogP contribution is -2.49. The van der Waals surface area contributed by atoms with Gasteiger partial charge in [-0.05, 0) is 25.6 Å². The number of aryl methyl sites for hydroxylation is 1. The van der Waals surface area contributed by atoms with E-state index >= 15 is 0 Å². The van der Waals surface area contributed by atoms with Gasteiger partial charge in [0.1, 0.15) is 0 Å². The number of carbonyl (C=O) groups is 2. The van der Waals surface area contributed by atoms with Gasteiger partial charge in [-0.3, -0.25) is 9.69 Å². The van der Waals surface area contributed by atoms with Crippen molar-refractivity contribution in [2.24, 2.45) is 0 Å². The van der Waals surface area contributed by atoms with Crippen LogP contribution in [0.15, 0.2) is 29.2 Å². The summed E-state index contributed by atoms with van der Waals surface area (Å²) in [5.74, 6) is -2.73. The van der Waals surface area contributed by atoms with Crippen LogP contribution in [0.3, 0.4) is 0 Å². The summed E-state index contributed by atoms with van der Waals surface area (Å²) in [7, 11) is -1.55. The van der Waals surface area contributed by atoms with E-state index in [1.54, 1.807) is 12.1 Å². The van der Waals surface area contributed by atoms with Gasteiger partial charge in [0.15, 0.2) is 0 Å². The first-order valence-corrected chi connectivity index (χ1v) is 13.5. The number of carboxylic acids is 1. The smallest absolute Gasteiger partial charge is 0.475 e. The SMILES string of the molecule is Cc1ccccc1S(=O)(=O)N(CCC(=O)N1CCNCC1)CCN1CCN(C)CC1.O=C(O)C(F)(F)F. The Kier molecular flexibility index (Phi) is 11.8. The minimum atomic E-state index is -5.08. The molecule has 0 radical (unpaired) electrons. The Balaban J connectivity index is 0.000000604. The van der Waals surface area contributed by atoms with Gasteiger partial charge < -0.3 is 20.2 Å². The van der Waals surface area contributed by atoms with E-state index in [1.165, 1.54) is 4.31 Å². The first kappa shape index (κ1) is 31.0. The molecule has 210 valence electrons. The first-order chi connectivity index (χ1) is 17.3. The number of nitrogens with one attached hydrogen (secondary N) is 1. The van der Waals surface area contributed by atoms with Crippen LogP contribution < -0.4 is 5.32 Å². The van der Waals surface area contributed by atoms with Gasteiger partial charge in [-0.1, -0.05) is 18.2 Å². The number of aliphatic carboxylic acids is 1. The number of likely N-dealkylation sites (N-methyl/N-ethyl adjacent to an activating group) is 1. The number of benzene rings is 1. The molecular weight excluding hydrogens is 515 g/mol. The number of carboxylic acid groups (broad SMARTS) is 1. The number of hydrogen-bond donors (Lipinski definition) is 2. The van der Waals surface area contributed by atoms with Crippen molar-refractivity contribution in [1.82, 2.24) is 24.3 Å². The minimum Gasteiger partial charge on any atom is -0.475 e. The van der Waals surface area contributed by atoms with Gasteiger partial charge >= 0.3 is 12.1 Å². The lowest BCUT2D eigenvalue weighted by Gasteiger charge is -2.34. The van der Waals surface area contributed by atoms with Crippen LogP contribution in [0.5, 0.6) is 0 Å². The Bertz CT molecular complexity index is 995. The molecule has 1 amide bonds. The standard InChI is InChI=1S/C21H35N5O3S.C2HF3O2/c1-19-5-3-4-6-20(19)30(28,29)26(18-17-24-15-13-23(2)14-16-24)10-7-21(27)25-11-8-22-9-12-25;3-2(4,5)1(6)7/h3-6,22H,7-18H2,1-2H3;(H,6,7). The van der Waals surface area contributed by atoms with E-state index < -0.39 is 22.2 Å². The van der Waals surface area contributed by atoms with Gasteiger partial charge in [-0.25, -0.2) is 13.2 Å². The Hall–Kier alpha value is -2.26. The number of halogens is 3. The monoisotopic (exact) mass is 551 g/mol. The van der Waals surface area contributed by atoms with Gasteiger partial charge in [0.05, 0.1) is 4.90 Å². The number of alkyl halides is 3. The van der Waals surface area contributed by atoms with Crippen LogP contribution in [-0.2, 0) is 19.6 Å². The van der Waals surface area contributed by atoms with Gasteiger partial charge in [-0.15, -0.1) is 0 Å². The number of nitrogens with zero attached hydrogens (tertiary/aromatic N) is 4. The summed E-state index contributed by atoms with van der Waals surface area (Å²) < 4.78 is 60.1. The maximum Gasteiger partial charge on any atom is 0.490 e. The van der Waals surface area contributed by atoms with E-state index in [9.17, 15) is 26.4 Å². The molecule has 1 aromatic rings. The van der Waals surface area contributed by atoms with Crippen molar-refractivity contribution >= 4 is 21.9 Å². The molecule has 3 rings (SSSR count). The second kappa shape index (κ2) is 14.0. The van der Waals surface area contributed by atoms with Gasteiger partial charge in [0.2, 0.25) is 15.9 Å². The summed E-state index contributed by atoms with van der Waals surface area (Å²) in [6, 6.07) is 7.07. The minimum absolute atomic E-state index is 0.0288. The fourth-order valence-corrected chi connectivity index (χ4v) is 5.61. The van der Waals surface area contributed by atoms with Crippen LogP contribution in [0.25, 0.3) is 0 Å². The largest absolute Gasteiger partial charge is 0.490 e. The third-order valence-corrected chi connectivity index (χ3v) is 8.32. The number of rotatable bonds is 8. The molecule has 2 aliphatic heterocycles. The predicted octanol–water partition coefficient (Wildman–Crippen LogP) is 0.688. The van der Waals surface area contributed by atoms with Crippen molar-refractivity contribution in [3.05, 3.63) is 29.8 Å². The summed E-state index contributed by atoms with van der Waals surface area (Å²) >= 11 is 0. The van der Waals surface area contributed by atoms with Crippen LogP contribution in [-0.4, -0.2) is 130 Å². The van der Waals surface area contributed by atoms with Gasteiger partial charge in [-0.2, -0.15) is 17.5 Å². The zero-order chi connectivity index (χ0) is 27.6. The second-order valence-corrected chi connectivity index (χ2v) is 10.9. The Labute approximate surface area is 216 Å². The molecule has 0 aliphatic carbocycles. The van der Waals surface area contributed by atoms with Crippen LogP contribution in [0.2, 0.25) is 0 Å². The summed E-state index contributed by atoms with van der Waals surface area (Å²) in [4.78, 5) is 28.3. The van der Waals surface area contributed by atoms with Crippen LogP contribution in [0.1, 0.15) is 12.0 Å². The van der Waals surface area contributed by atoms with E-state index in [-0.39, 0.29) is 18.9 Å². The van der Waals surface area contributed by atoms with Crippen molar-refractivity contribution < 1.29 is 36.3 Å². The average Bonchev–Trinajstić information content (AvgIpc) is 2.85. The fourth-order valence-electron chi connectivity index (χ4n) is 3.95. The van der Waals surface area contributed by atoms with E-state index in [4.69, 9.17) is 9.90 Å². The molecular formula is C23H36F3N5O5S. The Morgan fingerprint density at radius 3 is 2.14 bits per heavy atom. The molecule has 2 fully saturated rings. The molecule has 0 atom stereocenters. The van der Waals surface area contributed by atoms with Crippen molar-refractivity contribution in [2.45, 2.75) is 24.4 Å². The molecule has 2 aliphatic rings. The number of piperazine rings is 2. The lowest BCUT2D eigenvalue weighted by molar-refractivity contribution is -0.192. The van der Waals surface area contributed by atoms with Crippen molar-refractivity contribution in [1.29, 1.82) is 0 Å².